The molecule has 0 aliphatic heterocycles. The third kappa shape index (κ3) is 0.644. The van der Waals surface area contributed by atoms with E-state index in [0.717, 1.165) is 18.3 Å². The highest BCUT2D eigenvalue weighted by molar-refractivity contribution is 4.94. The summed E-state index contributed by atoms with van der Waals surface area (Å²) in [4.78, 5) is 0. The van der Waals surface area contributed by atoms with E-state index in [0.29, 0.717) is 5.92 Å². The zero-order valence-corrected chi connectivity index (χ0v) is 5.88. The van der Waals surface area contributed by atoms with Gasteiger partial charge in [0, 0.05) is 0 Å². The standard InChI is InChI=1S/C8H14O/c1-5-6-2-3-7(5)8(9)4-6/h5-9H,2-4H2,1H3/t5?,6-,7-,8-/m1/s1. The van der Waals surface area contributed by atoms with Crippen molar-refractivity contribution in [3.8, 4) is 0 Å². The quantitative estimate of drug-likeness (QED) is 0.520. The van der Waals surface area contributed by atoms with Crippen LogP contribution in [0, 0.1) is 17.8 Å². The van der Waals surface area contributed by atoms with E-state index in [-0.39, 0.29) is 6.10 Å². The predicted octanol–water partition coefficient (Wildman–Crippen LogP) is 1.41. The molecule has 2 fully saturated rings. The lowest BCUT2D eigenvalue weighted by atomic mass is 9.98. The van der Waals surface area contributed by atoms with Gasteiger partial charge in [0.2, 0.25) is 0 Å². The summed E-state index contributed by atoms with van der Waals surface area (Å²) in [6.07, 6.45) is 3.81. The first kappa shape index (κ1) is 5.72. The fourth-order valence-corrected chi connectivity index (χ4v) is 2.64. The molecule has 0 radical (unpaired) electrons. The molecular formula is C8H14O. The van der Waals surface area contributed by atoms with E-state index in [1.165, 1.54) is 12.8 Å². The van der Waals surface area contributed by atoms with Crippen LogP contribution in [0.2, 0.25) is 0 Å². The number of fused-ring (bicyclic) bond motifs is 2. The first-order chi connectivity index (χ1) is 4.29. The molecule has 0 aromatic carbocycles. The Bertz CT molecular complexity index is 122. The largest absolute Gasteiger partial charge is 0.393 e. The monoisotopic (exact) mass is 126 g/mol. The summed E-state index contributed by atoms with van der Waals surface area (Å²) in [5.41, 5.74) is 0. The van der Waals surface area contributed by atoms with Crippen LogP contribution in [-0.2, 0) is 0 Å². The van der Waals surface area contributed by atoms with Crippen molar-refractivity contribution in [2.24, 2.45) is 17.8 Å². The van der Waals surface area contributed by atoms with Crippen molar-refractivity contribution in [1.82, 2.24) is 0 Å². The Morgan fingerprint density at radius 2 is 2.11 bits per heavy atom. The SMILES string of the molecule is CC1[C@@H]2CC[C@H]1[C@H](O)C2. The fraction of sp³-hybridized carbons (Fsp3) is 1.00. The van der Waals surface area contributed by atoms with Crippen molar-refractivity contribution in [2.75, 3.05) is 0 Å². The summed E-state index contributed by atoms with van der Waals surface area (Å²) in [6, 6.07) is 0. The lowest BCUT2D eigenvalue weighted by molar-refractivity contribution is 0.108. The number of aliphatic hydroxyl groups is 1. The second-order valence-electron chi connectivity index (χ2n) is 3.66. The lowest BCUT2D eigenvalue weighted by Gasteiger charge is -2.14. The molecule has 0 aromatic rings. The van der Waals surface area contributed by atoms with Crippen LogP contribution in [0.4, 0.5) is 0 Å². The summed E-state index contributed by atoms with van der Waals surface area (Å²) < 4.78 is 0. The maximum atomic E-state index is 9.39. The average molecular weight is 126 g/mol. The normalized spacial score (nSPS) is 56.7. The van der Waals surface area contributed by atoms with Crippen LogP contribution in [0.1, 0.15) is 26.2 Å². The molecule has 1 unspecified atom stereocenters. The van der Waals surface area contributed by atoms with Gasteiger partial charge in [0.1, 0.15) is 0 Å². The van der Waals surface area contributed by atoms with Crippen molar-refractivity contribution < 1.29 is 5.11 Å². The molecular weight excluding hydrogens is 112 g/mol. The molecule has 2 aliphatic carbocycles. The van der Waals surface area contributed by atoms with Gasteiger partial charge in [-0.05, 0) is 37.0 Å². The summed E-state index contributed by atoms with van der Waals surface area (Å²) in [7, 11) is 0. The van der Waals surface area contributed by atoms with Crippen molar-refractivity contribution in [2.45, 2.75) is 32.3 Å². The summed E-state index contributed by atoms with van der Waals surface area (Å²) in [5, 5.41) is 9.39. The third-order valence-electron chi connectivity index (χ3n) is 3.33. The van der Waals surface area contributed by atoms with Gasteiger partial charge in [-0.2, -0.15) is 0 Å². The number of rotatable bonds is 0. The molecule has 0 saturated heterocycles. The van der Waals surface area contributed by atoms with Gasteiger partial charge in [0.25, 0.3) is 0 Å². The van der Waals surface area contributed by atoms with Crippen LogP contribution < -0.4 is 0 Å². The highest BCUT2D eigenvalue weighted by Crippen LogP contribution is 2.48. The number of hydrogen-bond acceptors (Lipinski definition) is 1. The van der Waals surface area contributed by atoms with E-state index >= 15 is 0 Å². The van der Waals surface area contributed by atoms with Gasteiger partial charge in [-0.15, -0.1) is 0 Å². The Kier molecular flexibility index (Phi) is 1.10. The highest BCUT2D eigenvalue weighted by Gasteiger charge is 2.44. The first-order valence-electron chi connectivity index (χ1n) is 3.97. The van der Waals surface area contributed by atoms with Crippen LogP contribution in [0.5, 0.6) is 0 Å². The number of hydrogen-bond donors (Lipinski definition) is 1. The molecule has 2 bridgehead atoms. The minimum absolute atomic E-state index is 0.0544. The second kappa shape index (κ2) is 1.72. The maximum absolute atomic E-state index is 9.39. The fourth-order valence-electron chi connectivity index (χ4n) is 2.64. The Morgan fingerprint density at radius 3 is 2.33 bits per heavy atom. The van der Waals surface area contributed by atoms with E-state index < -0.39 is 0 Å². The van der Waals surface area contributed by atoms with Gasteiger partial charge in [-0.25, -0.2) is 0 Å². The Balaban J connectivity index is 2.16. The zero-order chi connectivity index (χ0) is 6.43. The molecule has 0 heterocycles. The molecule has 4 atom stereocenters. The lowest BCUT2D eigenvalue weighted by Crippen LogP contribution is -2.16. The molecule has 1 nitrogen and oxygen atoms in total. The van der Waals surface area contributed by atoms with Gasteiger partial charge in [0.05, 0.1) is 6.10 Å². The Hall–Kier alpha value is -0.0400. The number of aliphatic hydroxyl groups excluding tert-OH is 1. The molecule has 0 amide bonds. The Labute approximate surface area is 56.1 Å². The van der Waals surface area contributed by atoms with E-state index in [4.69, 9.17) is 0 Å². The minimum atomic E-state index is 0.0544. The second-order valence-corrected chi connectivity index (χ2v) is 3.66. The van der Waals surface area contributed by atoms with Crippen LogP contribution in [-0.4, -0.2) is 11.2 Å². The van der Waals surface area contributed by atoms with E-state index in [2.05, 4.69) is 6.92 Å². The minimum Gasteiger partial charge on any atom is -0.393 e. The average Bonchev–Trinajstić information content (AvgIpc) is 2.25. The summed E-state index contributed by atoms with van der Waals surface area (Å²) in [5.74, 6) is 2.35. The van der Waals surface area contributed by atoms with Crippen LogP contribution in [0.3, 0.4) is 0 Å². The molecule has 9 heavy (non-hydrogen) atoms. The van der Waals surface area contributed by atoms with E-state index in [1.807, 2.05) is 0 Å². The molecule has 0 aromatic heterocycles. The van der Waals surface area contributed by atoms with Crippen LogP contribution in [0.25, 0.3) is 0 Å². The summed E-state index contributed by atoms with van der Waals surface area (Å²) >= 11 is 0. The molecule has 2 saturated carbocycles. The summed E-state index contributed by atoms with van der Waals surface area (Å²) in [6.45, 7) is 2.29. The van der Waals surface area contributed by atoms with Crippen LogP contribution >= 0.6 is 0 Å². The predicted molar refractivity (Wildman–Crippen MR) is 36.0 cm³/mol. The maximum Gasteiger partial charge on any atom is 0.0573 e. The van der Waals surface area contributed by atoms with Gasteiger partial charge in [-0.3, -0.25) is 0 Å². The van der Waals surface area contributed by atoms with Gasteiger partial charge in [0.15, 0.2) is 0 Å². The van der Waals surface area contributed by atoms with Crippen molar-refractivity contribution >= 4 is 0 Å². The molecule has 2 aliphatic rings. The van der Waals surface area contributed by atoms with Gasteiger partial charge in [-0.1, -0.05) is 6.92 Å². The van der Waals surface area contributed by atoms with Gasteiger partial charge >= 0.3 is 0 Å². The van der Waals surface area contributed by atoms with E-state index in [9.17, 15) is 5.11 Å². The third-order valence-corrected chi connectivity index (χ3v) is 3.33. The molecule has 1 N–H and O–H groups in total. The molecule has 52 valence electrons. The first-order valence-corrected chi connectivity index (χ1v) is 3.97. The molecule has 0 spiro atoms. The van der Waals surface area contributed by atoms with Crippen LogP contribution in [0.15, 0.2) is 0 Å². The van der Waals surface area contributed by atoms with Gasteiger partial charge < -0.3 is 5.11 Å². The smallest absolute Gasteiger partial charge is 0.0573 e. The van der Waals surface area contributed by atoms with E-state index in [1.54, 1.807) is 0 Å². The topological polar surface area (TPSA) is 20.2 Å². The Morgan fingerprint density at radius 1 is 1.33 bits per heavy atom. The highest BCUT2D eigenvalue weighted by atomic mass is 16.3. The van der Waals surface area contributed by atoms with Crippen molar-refractivity contribution in [3.63, 3.8) is 0 Å². The van der Waals surface area contributed by atoms with Crippen molar-refractivity contribution in [1.29, 1.82) is 0 Å². The van der Waals surface area contributed by atoms with Crippen molar-refractivity contribution in [3.05, 3.63) is 0 Å². The zero-order valence-electron chi connectivity index (χ0n) is 5.88. The molecule has 1 heteroatoms. The molecule has 2 rings (SSSR count).